The van der Waals surface area contributed by atoms with E-state index in [4.69, 9.17) is 11.6 Å². The molecule has 0 radical (unpaired) electrons. The topological polar surface area (TPSA) is 44.0 Å². The van der Waals surface area contributed by atoms with E-state index in [9.17, 15) is 14.8 Å². The van der Waals surface area contributed by atoms with Crippen LogP contribution in [-0.4, -0.2) is 5.11 Å². The summed E-state index contributed by atoms with van der Waals surface area (Å²) in [6.07, 6.45) is 2.69. The molecule has 0 saturated heterocycles. The zero-order valence-electron chi connectivity index (χ0n) is 10.4. The van der Waals surface area contributed by atoms with Crippen molar-refractivity contribution in [2.75, 3.05) is 0 Å². The van der Waals surface area contributed by atoms with Gasteiger partial charge >= 0.3 is 0 Å². The van der Waals surface area contributed by atoms with Crippen molar-refractivity contribution in [2.45, 2.75) is 31.8 Å². The molecule has 2 saturated carbocycles. The van der Waals surface area contributed by atoms with Crippen LogP contribution < -0.4 is 0 Å². The van der Waals surface area contributed by atoms with Crippen LogP contribution in [0.15, 0.2) is 18.2 Å². The van der Waals surface area contributed by atoms with E-state index < -0.39 is 17.3 Å². The number of hydrogen-bond donors (Lipinski definition) is 1. The third kappa shape index (κ3) is 1.86. The number of halogens is 2. The molecule has 0 amide bonds. The van der Waals surface area contributed by atoms with Gasteiger partial charge in [0.05, 0.1) is 11.5 Å². The minimum atomic E-state index is -1.06. The maximum Gasteiger partial charge on any atom is 0.130 e. The van der Waals surface area contributed by atoms with Gasteiger partial charge in [0.1, 0.15) is 11.9 Å². The van der Waals surface area contributed by atoms with Crippen LogP contribution in [0.5, 0.6) is 0 Å². The lowest BCUT2D eigenvalue weighted by Crippen LogP contribution is -2.33. The van der Waals surface area contributed by atoms with Gasteiger partial charge in [-0.15, -0.1) is 0 Å². The van der Waals surface area contributed by atoms with Crippen molar-refractivity contribution in [1.29, 1.82) is 5.26 Å². The van der Waals surface area contributed by atoms with Crippen molar-refractivity contribution in [2.24, 2.45) is 17.3 Å². The first-order chi connectivity index (χ1) is 9.06. The summed E-state index contributed by atoms with van der Waals surface area (Å²) in [4.78, 5) is 0. The number of aliphatic hydroxyl groups excluding tert-OH is 1. The van der Waals surface area contributed by atoms with Gasteiger partial charge in [-0.25, -0.2) is 4.39 Å². The Hall–Kier alpha value is -1.11. The van der Waals surface area contributed by atoms with Crippen molar-refractivity contribution in [3.63, 3.8) is 0 Å². The molecule has 2 aliphatic rings. The third-order valence-electron chi connectivity index (χ3n) is 4.85. The number of hydrogen-bond acceptors (Lipinski definition) is 2. The number of nitriles is 1. The number of aliphatic hydroxyl groups is 1. The van der Waals surface area contributed by atoms with Gasteiger partial charge < -0.3 is 5.11 Å². The first kappa shape index (κ1) is 12.9. The number of nitrogens with zero attached hydrogens (tertiary/aromatic N) is 1. The van der Waals surface area contributed by atoms with Gasteiger partial charge in [0, 0.05) is 10.6 Å². The SMILES string of the molecule is N#CC1(C(O)c2ccc(Cl)cc2F)CC2CCC1C2. The first-order valence-corrected chi connectivity index (χ1v) is 6.99. The van der Waals surface area contributed by atoms with E-state index in [1.807, 2.05) is 0 Å². The second kappa shape index (κ2) is 4.47. The lowest BCUT2D eigenvalue weighted by molar-refractivity contribution is 0.0209. The van der Waals surface area contributed by atoms with Crippen LogP contribution in [0.3, 0.4) is 0 Å². The van der Waals surface area contributed by atoms with Crippen LogP contribution in [0.1, 0.15) is 37.4 Å². The fourth-order valence-corrected chi connectivity index (χ4v) is 4.07. The summed E-state index contributed by atoms with van der Waals surface area (Å²) in [7, 11) is 0. The molecule has 1 aromatic rings. The maximum absolute atomic E-state index is 13.9. The summed E-state index contributed by atoms with van der Waals surface area (Å²) >= 11 is 5.73. The molecule has 2 fully saturated rings. The predicted molar refractivity (Wildman–Crippen MR) is 69.9 cm³/mol. The minimum absolute atomic E-state index is 0.188. The molecule has 4 atom stereocenters. The molecule has 0 aliphatic heterocycles. The van der Waals surface area contributed by atoms with Crippen LogP contribution in [0, 0.1) is 34.4 Å². The summed E-state index contributed by atoms with van der Waals surface area (Å²) < 4.78 is 13.9. The molecule has 0 heterocycles. The smallest absolute Gasteiger partial charge is 0.130 e. The van der Waals surface area contributed by atoms with Crippen molar-refractivity contribution in [3.05, 3.63) is 34.6 Å². The molecule has 1 aromatic carbocycles. The molecule has 2 bridgehead atoms. The van der Waals surface area contributed by atoms with E-state index in [0.717, 1.165) is 19.3 Å². The highest BCUT2D eigenvalue weighted by Crippen LogP contribution is 2.60. The standard InChI is InChI=1S/C15H15ClFNO/c16-11-3-4-12(13(17)6-11)14(19)15(8-18)7-9-1-2-10(15)5-9/h3-4,6,9-10,14,19H,1-2,5,7H2. The van der Waals surface area contributed by atoms with Gasteiger partial charge in [-0.2, -0.15) is 5.26 Å². The van der Waals surface area contributed by atoms with Crippen molar-refractivity contribution in [1.82, 2.24) is 0 Å². The summed E-state index contributed by atoms with van der Waals surface area (Å²) in [6, 6.07) is 6.54. The Labute approximate surface area is 116 Å². The molecule has 4 heteroatoms. The van der Waals surface area contributed by atoms with E-state index in [1.54, 1.807) is 6.07 Å². The summed E-state index contributed by atoms with van der Waals surface area (Å²) in [6.45, 7) is 0. The third-order valence-corrected chi connectivity index (χ3v) is 5.08. The van der Waals surface area contributed by atoms with Gasteiger partial charge in [-0.05, 0) is 43.2 Å². The Morgan fingerprint density at radius 3 is 2.79 bits per heavy atom. The molecule has 3 rings (SSSR count). The lowest BCUT2D eigenvalue weighted by Gasteiger charge is -2.35. The second-order valence-electron chi connectivity index (χ2n) is 5.80. The highest BCUT2D eigenvalue weighted by Gasteiger charge is 2.56. The van der Waals surface area contributed by atoms with Crippen molar-refractivity contribution < 1.29 is 9.50 Å². The van der Waals surface area contributed by atoms with Gasteiger partial charge in [-0.1, -0.05) is 24.1 Å². The van der Waals surface area contributed by atoms with Gasteiger partial charge in [0.2, 0.25) is 0 Å². The fourth-order valence-electron chi connectivity index (χ4n) is 3.91. The highest BCUT2D eigenvalue weighted by molar-refractivity contribution is 6.30. The van der Waals surface area contributed by atoms with Gasteiger partial charge in [0.15, 0.2) is 0 Å². The van der Waals surface area contributed by atoms with E-state index in [-0.39, 0.29) is 11.5 Å². The zero-order chi connectivity index (χ0) is 13.6. The molecule has 1 N–H and O–H groups in total. The molecule has 19 heavy (non-hydrogen) atoms. The van der Waals surface area contributed by atoms with E-state index >= 15 is 0 Å². The number of rotatable bonds is 2. The molecule has 0 aromatic heterocycles. The first-order valence-electron chi connectivity index (χ1n) is 6.61. The van der Waals surface area contributed by atoms with E-state index in [2.05, 4.69) is 6.07 Å². The molecule has 100 valence electrons. The van der Waals surface area contributed by atoms with Crippen LogP contribution in [0.25, 0.3) is 0 Å². The summed E-state index contributed by atoms with van der Waals surface area (Å²) in [5.74, 6) is 0.166. The number of benzene rings is 1. The monoisotopic (exact) mass is 279 g/mol. The van der Waals surface area contributed by atoms with Crippen LogP contribution in [0.4, 0.5) is 4.39 Å². The molecule has 2 aliphatic carbocycles. The van der Waals surface area contributed by atoms with Gasteiger partial charge in [0.25, 0.3) is 0 Å². The quantitative estimate of drug-likeness (QED) is 0.894. The fraction of sp³-hybridized carbons (Fsp3) is 0.533. The Balaban J connectivity index is 1.99. The normalized spacial score (nSPS) is 34.2. The maximum atomic E-state index is 13.9. The largest absolute Gasteiger partial charge is 0.387 e. The Kier molecular flexibility index (Phi) is 3.03. The predicted octanol–water partition coefficient (Wildman–Crippen LogP) is 3.84. The van der Waals surface area contributed by atoms with E-state index in [0.29, 0.717) is 17.4 Å². The average molecular weight is 280 g/mol. The minimum Gasteiger partial charge on any atom is -0.387 e. The van der Waals surface area contributed by atoms with Crippen LogP contribution in [0.2, 0.25) is 5.02 Å². The van der Waals surface area contributed by atoms with Crippen molar-refractivity contribution in [3.8, 4) is 6.07 Å². The lowest BCUT2D eigenvalue weighted by atomic mass is 9.68. The highest BCUT2D eigenvalue weighted by atomic mass is 35.5. The Morgan fingerprint density at radius 1 is 1.47 bits per heavy atom. The summed E-state index contributed by atoms with van der Waals surface area (Å²) in [5.41, 5.74) is -0.629. The van der Waals surface area contributed by atoms with Crippen molar-refractivity contribution >= 4 is 11.6 Å². The Morgan fingerprint density at radius 2 is 2.26 bits per heavy atom. The molecule has 0 spiro atoms. The molecular weight excluding hydrogens is 265 g/mol. The summed E-state index contributed by atoms with van der Waals surface area (Å²) in [5, 5.41) is 20.4. The zero-order valence-corrected chi connectivity index (χ0v) is 11.2. The van der Waals surface area contributed by atoms with Gasteiger partial charge in [-0.3, -0.25) is 0 Å². The molecule has 4 unspecified atom stereocenters. The Bertz CT molecular complexity index is 556. The average Bonchev–Trinajstić information content (AvgIpc) is 2.98. The number of fused-ring (bicyclic) bond motifs is 2. The molecular formula is C15H15ClFNO. The van der Waals surface area contributed by atoms with E-state index in [1.165, 1.54) is 12.1 Å². The van der Waals surface area contributed by atoms with Crippen LogP contribution in [-0.2, 0) is 0 Å². The second-order valence-corrected chi connectivity index (χ2v) is 6.24. The van der Waals surface area contributed by atoms with Crippen LogP contribution >= 0.6 is 11.6 Å². The molecule has 2 nitrogen and oxygen atoms in total.